The molecule has 0 fully saturated rings. The number of H-pyrrole nitrogens is 1. The topological polar surface area (TPSA) is 73.0 Å². The van der Waals surface area contributed by atoms with Gasteiger partial charge in [-0.25, -0.2) is 9.18 Å². The lowest BCUT2D eigenvalue weighted by molar-refractivity contribution is 0.152. The zero-order valence-corrected chi connectivity index (χ0v) is 10.6. The molecule has 1 heterocycles. The third-order valence-corrected chi connectivity index (χ3v) is 2.99. The fourth-order valence-corrected chi connectivity index (χ4v) is 2.07. The van der Waals surface area contributed by atoms with Gasteiger partial charge in [0.1, 0.15) is 12.4 Å². The Hall–Kier alpha value is -1.60. The van der Waals surface area contributed by atoms with E-state index < -0.39 is 11.9 Å². The van der Waals surface area contributed by atoms with Gasteiger partial charge in [0.05, 0.1) is 22.6 Å². The second-order valence-electron chi connectivity index (χ2n) is 3.53. The van der Waals surface area contributed by atoms with Crippen molar-refractivity contribution in [2.75, 3.05) is 6.61 Å². The van der Waals surface area contributed by atoms with Crippen LogP contribution in [0, 0.1) is 10.6 Å². The normalized spacial score (nSPS) is 10.8. The van der Waals surface area contributed by atoms with Gasteiger partial charge in [-0.05, 0) is 18.3 Å². The summed E-state index contributed by atoms with van der Waals surface area (Å²) in [5, 5.41) is 0.000990. The van der Waals surface area contributed by atoms with Crippen LogP contribution < -0.4 is 5.73 Å². The van der Waals surface area contributed by atoms with Crippen molar-refractivity contribution in [3.05, 3.63) is 27.7 Å². The van der Waals surface area contributed by atoms with E-state index in [0.29, 0.717) is 22.3 Å². The summed E-state index contributed by atoms with van der Waals surface area (Å²) in [7, 11) is 0. The number of benzene rings is 1. The SMILES string of the molecule is NC(=O)OCCn1c(=S)[nH]c2cc(F)c(Cl)cc21. The quantitative estimate of drug-likeness (QED) is 0.853. The minimum absolute atomic E-state index is 0.000990. The van der Waals surface area contributed by atoms with Crippen molar-refractivity contribution in [3.63, 3.8) is 0 Å². The largest absolute Gasteiger partial charge is 0.448 e. The molecule has 0 spiro atoms. The smallest absolute Gasteiger partial charge is 0.404 e. The van der Waals surface area contributed by atoms with Gasteiger partial charge in [0.25, 0.3) is 0 Å². The van der Waals surface area contributed by atoms with Crippen LogP contribution in [0.1, 0.15) is 0 Å². The summed E-state index contributed by atoms with van der Waals surface area (Å²) in [6.45, 7) is 0.384. The van der Waals surface area contributed by atoms with Crippen molar-refractivity contribution >= 4 is 40.9 Å². The summed E-state index contributed by atoms with van der Waals surface area (Å²) in [4.78, 5) is 13.3. The number of hydrogen-bond donors (Lipinski definition) is 2. The zero-order valence-electron chi connectivity index (χ0n) is 9.07. The Balaban J connectivity index is 2.37. The number of nitrogens with one attached hydrogen (secondary N) is 1. The summed E-state index contributed by atoms with van der Waals surface area (Å²) in [5.41, 5.74) is 6.02. The van der Waals surface area contributed by atoms with Gasteiger partial charge in [-0.15, -0.1) is 0 Å². The van der Waals surface area contributed by atoms with Crippen LogP contribution >= 0.6 is 23.8 Å². The number of halogens is 2. The van der Waals surface area contributed by atoms with E-state index in [1.165, 1.54) is 12.1 Å². The van der Waals surface area contributed by atoms with Gasteiger partial charge in [0.2, 0.25) is 0 Å². The molecule has 2 aromatic rings. The summed E-state index contributed by atoms with van der Waals surface area (Å²) in [6.07, 6.45) is -0.856. The van der Waals surface area contributed by atoms with Crippen LogP contribution in [0.5, 0.6) is 0 Å². The minimum Gasteiger partial charge on any atom is -0.448 e. The van der Waals surface area contributed by atoms with E-state index in [-0.39, 0.29) is 11.6 Å². The molecule has 3 N–H and O–H groups in total. The average Bonchev–Trinajstić information content (AvgIpc) is 2.56. The molecule has 0 radical (unpaired) electrons. The van der Waals surface area contributed by atoms with E-state index >= 15 is 0 Å². The van der Waals surface area contributed by atoms with Gasteiger partial charge in [-0.2, -0.15) is 0 Å². The first-order valence-electron chi connectivity index (χ1n) is 4.99. The van der Waals surface area contributed by atoms with Crippen molar-refractivity contribution in [3.8, 4) is 0 Å². The number of primary amides is 1. The molecule has 0 aliphatic rings. The lowest BCUT2D eigenvalue weighted by Crippen LogP contribution is -2.16. The highest BCUT2D eigenvalue weighted by Gasteiger charge is 2.09. The number of amides is 1. The fraction of sp³-hybridized carbons (Fsp3) is 0.200. The number of imidazole rings is 1. The molecule has 0 unspecified atom stereocenters. The fourth-order valence-electron chi connectivity index (χ4n) is 1.61. The average molecular weight is 290 g/mol. The first-order chi connectivity index (χ1) is 8.49. The maximum atomic E-state index is 13.3. The van der Waals surface area contributed by atoms with E-state index in [1.54, 1.807) is 4.57 Å². The van der Waals surface area contributed by atoms with Crippen LogP contribution in [-0.4, -0.2) is 22.3 Å². The van der Waals surface area contributed by atoms with Crippen LogP contribution in [0.25, 0.3) is 11.0 Å². The van der Waals surface area contributed by atoms with Gasteiger partial charge >= 0.3 is 6.09 Å². The lowest BCUT2D eigenvalue weighted by Gasteiger charge is -2.05. The number of aromatic amines is 1. The van der Waals surface area contributed by atoms with Gasteiger partial charge in [-0.1, -0.05) is 11.6 Å². The predicted molar refractivity (Wildman–Crippen MR) is 67.6 cm³/mol. The Morgan fingerprint density at radius 2 is 2.33 bits per heavy atom. The number of carbonyl (C=O) groups excluding carboxylic acids is 1. The number of carbonyl (C=O) groups is 1. The Kier molecular flexibility index (Phi) is 3.53. The first-order valence-corrected chi connectivity index (χ1v) is 5.77. The molecular weight excluding hydrogens is 281 g/mol. The number of fused-ring (bicyclic) bond motifs is 1. The number of nitrogens with zero attached hydrogens (tertiary/aromatic N) is 1. The van der Waals surface area contributed by atoms with E-state index in [4.69, 9.17) is 29.6 Å². The molecule has 5 nitrogen and oxygen atoms in total. The Bertz CT molecular complexity index is 667. The third-order valence-electron chi connectivity index (χ3n) is 2.38. The Labute approximate surface area is 111 Å². The molecule has 1 aromatic heterocycles. The lowest BCUT2D eigenvalue weighted by atomic mass is 10.3. The molecule has 18 heavy (non-hydrogen) atoms. The van der Waals surface area contributed by atoms with Crippen molar-refractivity contribution in [2.24, 2.45) is 5.73 Å². The number of aromatic nitrogens is 2. The molecule has 0 atom stereocenters. The standard InChI is InChI=1S/C10H9ClFN3O2S/c11-5-3-8-7(4-6(5)12)14-10(18)15(8)1-2-17-9(13)16/h3-4H,1-2H2,(H2,13,16)(H,14,18). The predicted octanol–water partition coefficient (Wildman–Crippen LogP) is 2.59. The second-order valence-corrected chi connectivity index (χ2v) is 4.33. The highest BCUT2D eigenvalue weighted by Crippen LogP contribution is 2.22. The Morgan fingerprint density at radius 3 is 3.00 bits per heavy atom. The molecule has 1 amide bonds. The highest BCUT2D eigenvalue weighted by atomic mass is 35.5. The maximum absolute atomic E-state index is 13.3. The number of rotatable bonds is 3. The van der Waals surface area contributed by atoms with Crippen molar-refractivity contribution in [1.29, 1.82) is 0 Å². The van der Waals surface area contributed by atoms with Crippen molar-refractivity contribution in [2.45, 2.75) is 6.54 Å². The van der Waals surface area contributed by atoms with Crippen LogP contribution in [0.2, 0.25) is 5.02 Å². The Morgan fingerprint density at radius 1 is 1.61 bits per heavy atom. The van der Waals surface area contributed by atoms with Crippen molar-refractivity contribution in [1.82, 2.24) is 9.55 Å². The molecule has 0 aliphatic heterocycles. The zero-order chi connectivity index (χ0) is 13.3. The molecule has 2 rings (SSSR count). The molecule has 0 saturated carbocycles. The van der Waals surface area contributed by atoms with E-state index in [0.717, 1.165) is 0 Å². The number of hydrogen-bond acceptors (Lipinski definition) is 3. The van der Waals surface area contributed by atoms with Crippen LogP contribution in [0.4, 0.5) is 9.18 Å². The molecule has 1 aromatic carbocycles. The van der Waals surface area contributed by atoms with Gasteiger partial charge in [0, 0.05) is 6.07 Å². The summed E-state index contributed by atoms with van der Waals surface area (Å²) >= 11 is 10.8. The van der Waals surface area contributed by atoms with Crippen LogP contribution in [-0.2, 0) is 11.3 Å². The first kappa shape index (κ1) is 12.8. The molecule has 0 aliphatic carbocycles. The van der Waals surface area contributed by atoms with Crippen LogP contribution in [0.15, 0.2) is 12.1 Å². The molecule has 0 saturated heterocycles. The van der Waals surface area contributed by atoms with Crippen molar-refractivity contribution < 1.29 is 13.9 Å². The molecule has 0 bridgehead atoms. The van der Waals surface area contributed by atoms with E-state index in [2.05, 4.69) is 9.72 Å². The summed E-state index contributed by atoms with van der Waals surface area (Å²) < 4.78 is 19.9. The van der Waals surface area contributed by atoms with Crippen LogP contribution in [0.3, 0.4) is 0 Å². The summed E-state index contributed by atoms with van der Waals surface area (Å²) in [5.74, 6) is -0.527. The molecule has 8 heteroatoms. The summed E-state index contributed by atoms with van der Waals surface area (Å²) in [6, 6.07) is 2.72. The van der Waals surface area contributed by atoms with E-state index in [1.807, 2.05) is 0 Å². The molecule has 96 valence electrons. The van der Waals surface area contributed by atoms with Gasteiger partial charge < -0.3 is 20.0 Å². The van der Waals surface area contributed by atoms with Gasteiger partial charge in [0.15, 0.2) is 4.77 Å². The number of nitrogens with two attached hydrogens (primary N) is 1. The second kappa shape index (κ2) is 4.95. The van der Waals surface area contributed by atoms with Gasteiger partial charge in [-0.3, -0.25) is 0 Å². The highest BCUT2D eigenvalue weighted by molar-refractivity contribution is 7.71. The third kappa shape index (κ3) is 2.46. The number of ether oxygens (including phenoxy) is 1. The molecular formula is C10H9ClFN3O2S. The maximum Gasteiger partial charge on any atom is 0.404 e. The minimum atomic E-state index is -0.856. The monoisotopic (exact) mass is 289 g/mol. The van der Waals surface area contributed by atoms with E-state index in [9.17, 15) is 9.18 Å².